The number of aliphatic hydroxyl groups is 1. The van der Waals surface area contributed by atoms with Crippen molar-refractivity contribution in [3.8, 4) is 0 Å². The van der Waals surface area contributed by atoms with E-state index in [0.29, 0.717) is 0 Å². The summed E-state index contributed by atoms with van der Waals surface area (Å²) in [5, 5.41) is 8.61. The Morgan fingerprint density at radius 1 is 1.60 bits per heavy atom. The molecule has 1 heterocycles. The van der Waals surface area contributed by atoms with E-state index in [1.165, 1.54) is 0 Å². The lowest BCUT2D eigenvalue weighted by molar-refractivity contribution is -0.249. The van der Waals surface area contributed by atoms with Gasteiger partial charge in [-0.1, -0.05) is 0 Å². The molecular formula is C6H10F2O2. The molecule has 60 valence electrons. The summed E-state index contributed by atoms with van der Waals surface area (Å²) in [4.78, 5) is 0. The van der Waals surface area contributed by atoms with Crippen LogP contribution in [0.15, 0.2) is 0 Å². The average molecular weight is 152 g/mol. The Balaban J connectivity index is 2.65. The zero-order chi connectivity index (χ0) is 7.83. The molecule has 0 radical (unpaired) electrons. The molecule has 0 atom stereocenters. The maximum atomic E-state index is 12.6. The smallest absolute Gasteiger partial charge is 0.257 e. The number of alkyl halides is 2. The maximum absolute atomic E-state index is 12.6. The van der Waals surface area contributed by atoms with E-state index in [-0.39, 0.29) is 13.2 Å². The minimum absolute atomic E-state index is 0.0347. The highest BCUT2D eigenvalue weighted by Crippen LogP contribution is 2.41. The van der Waals surface area contributed by atoms with Gasteiger partial charge in [0.05, 0.1) is 19.8 Å². The first kappa shape index (κ1) is 7.88. The number of rotatable bonds is 2. The Bertz CT molecular complexity index is 121. The third kappa shape index (κ3) is 0.914. The van der Waals surface area contributed by atoms with Crippen LogP contribution in [0.2, 0.25) is 0 Å². The second-order valence-electron chi connectivity index (χ2n) is 2.82. The van der Waals surface area contributed by atoms with E-state index in [0.717, 1.165) is 6.92 Å². The fourth-order valence-electron chi connectivity index (χ4n) is 0.832. The molecule has 0 bridgehead atoms. The summed E-state index contributed by atoms with van der Waals surface area (Å²) in [5.41, 5.74) is -1.30. The molecule has 0 spiro atoms. The lowest BCUT2D eigenvalue weighted by atomic mass is 9.81. The monoisotopic (exact) mass is 152 g/mol. The largest absolute Gasteiger partial charge is 0.395 e. The topological polar surface area (TPSA) is 29.5 Å². The summed E-state index contributed by atoms with van der Waals surface area (Å²) in [6.45, 7) is 0.238. The molecule has 0 aromatic heterocycles. The molecule has 1 aliphatic rings. The van der Waals surface area contributed by atoms with Crippen molar-refractivity contribution in [2.24, 2.45) is 5.41 Å². The minimum atomic E-state index is -2.83. The second-order valence-corrected chi connectivity index (χ2v) is 2.82. The summed E-state index contributed by atoms with van der Waals surface area (Å²) in [7, 11) is 0. The van der Waals surface area contributed by atoms with Crippen LogP contribution in [0.4, 0.5) is 8.78 Å². The highest BCUT2D eigenvalue weighted by atomic mass is 19.3. The number of hydrogen-bond donors (Lipinski definition) is 1. The van der Waals surface area contributed by atoms with Crippen LogP contribution < -0.4 is 0 Å². The molecule has 2 nitrogen and oxygen atoms in total. The van der Waals surface area contributed by atoms with Gasteiger partial charge in [0, 0.05) is 6.92 Å². The first-order chi connectivity index (χ1) is 4.52. The van der Waals surface area contributed by atoms with Gasteiger partial charge in [0.1, 0.15) is 5.41 Å². The van der Waals surface area contributed by atoms with Crippen LogP contribution in [0.1, 0.15) is 6.92 Å². The summed E-state index contributed by atoms with van der Waals surface area (Å²) in [6.07, 6.45) is 0. The Hall–Kier alpha value is -0.220. The van der Waals surface area contributed by atoms with Gasteiger partial charge in [-0.05, 0) is 0 Å². The fraction of sp³-hybridized carbons (Fsp3) is 1.00. The molecule has 0 aromatic carbocycles. The van der Waals surface area contributed by atoms with Gasteiger partial charge in [0.2, 0.25) is 0 Å². The minimum Gasteiger partial charge on any atom is -0.395 e. The highest BCUT2D eigenvalue weighted by Gasteiger charge is 2.55. The summed E-state index contributed by atoms with van der Waals surface area (Å²) in [6, 6.07) is 0. The number of halogens is 2. The van der Waals surface area contributed by atoms with E-state index >= 15 is 0 Å². The summed E-state index contributed by atoms with van der Waals surface area (Å²) < 4.78 is 29.8. The molecule has 0 aliphatic carbocycles. The Labute approximate surface area is 57.8 Å². The molecule has 1 rings (SSSR count). The predicted octanol–water partition coefficient (Wildman–Crippen LogP) is 0.651. The molecule has 0 unspecified atom stereocenters. The van der Waals surface area contributed by atoms with Gasteiger partial charge in [0.15, 0.2) is 0 Å². The number of ether oxygens (including phenoxy) is 1. The second kappa shape index (κ2) is 2.13. The average Bonchev–Trinajstić information content (AvgIpc) is 1.58. The SMILES string of the molecule is CC(F)(F)C1(CO)COC1. The van der Waals surface area contributed by atoms with Crippen molar-refractivity contribution in [2.45, 2.75) is 12.8 Å². The lowest BCUT2D eigenvalue weighted by Crippen LogP contribution is -2.56. The first-order valence-electron chi connectivity index (χ1n) is 3.08. The molecular weight excluding hydrogens is 142 g/mol. The van der Waals surface area contributed by atoms with Crippen molar-refractivity contribution in [3.63, 3.8) is 0 Å². The lowest BCUT2D eigenvalue weighted by Gasteiger charge is -2.43. The molecule has 1 saturated heterocycles. The van der Waals surface area contributed by atoms with Crippen LogP contribution >= 0.6 is 0 Å². The normalized spacial score (nSPS) is 24.0. The molecule has 0 amide bonds. The molecule has 1 aliphatic heterocycles. The van der Waals surface area contributed by atoms with Crippen LogP contribution in [0, 0.1) is 5.41 Å². The van der Waals surface area contributed by atoms with Crippen LogP contribution in [0.25, 0.3) is 0 Å². The van der Waals surface area contributed by atoms with E-state index in [9.17, 15) is 8.78 Å². The van der Waals surface area contributed by atoms with Crippen molar-refractivity contribution in [1.82, 2.24) is 0 Å². The first-order valence-corrected chi connectivity index (χ1v) is 3.08. The van der Waals surface area contributed by atoms with Crippen molar-refractivity contribution in [2.75, 3.05) is 19.8 Å². The maximum Gasteiger partial charge on any atom is 0.257 e. The van der Waals surface area contributed by atoms with Gasteiger partial charge in [0.25, 0.3) is 5.92 Å². The van der Waals surface area contributed by atoms with Gasteiger partial charge in [-0.2, -0.15) is 0 Å². The van der Waals surface area contributed by atoms with E-state index in [2.05, 4.69) is 4.74 Å². The van der Waals surface area contributed by atoms with Crippen LogP contribution in [-0.2, 0) is 4.74 Å². The van der Waals surface area contributed by atoms with E-state index in [4.69, 9.17) is 5.11 Å². The van der Waals surface area contributed by atoms with Crippen molar-refractivity contribution >= 4 is 0 Å². The molecule has 0 aromatic rings. The van der Waals surface area contributed by atoms with E-state index in [1.54, 1.807) is 0 Å². The number of aliphatic hydroxyl groups excluding tert-OH is 1. The van der Waals surface area contributed by atoms with Crippen molar-refractivity contribution < 1.29 is 18.6 Å². The molecule has 1 N–H and O–H groups in total. The molecule has 10 heavy (non-hydrogen) atoms. The number of hydrogen-bond acceptors (Lipinski definition) is 2. The molecule has 1 fully saturated rings. The Morgan fingerprint density at radius 3 is 2.10 bits per heavy atom. The van der Waals surface area contributed by atoms with Crippen LogP contribution in [-0.4, -0.2) is 30.8 Å². The zero-order valence-electron chi connectivity index (χ0n) is 5.73. The van der Waals surface area contributed by atoms with Crippen molar-refractivity contribution in [1.29, 1.82) is 0 Å². The van der Waals surface area contributed by atoms with Gasteiger partial charge in [-0.25, -0.2) is 8.78 Å². The fourth-order valence-corrected chi connectivity index (χ4v) is 0.832. The van der Waals surface area contributed by atoms with Gasteiger partial charge in [-0.15, -0.1) is 0 Å². The van der Waals surface area contributed by atoms with E-state index in [1.807, 2.05) is 0 Å². The molecule has 4 heteroatoms. The van der Waals surface area contributed by atoms with Crippen LogP contribution in [0.3, 0.4) is 0 Å². The Morgan fingerprint density at radius 2 is 2.10 bits per heavy atom. The Kier molecular flexibility index (Phi) is 1.68. The quantitative estimate of drug-likeness (QED) is 0.629. The van der Waals surface area contributed by atoms with Gasteiger partial charge < -0.3 is 9.84 Å². The third-order valence-corrected chi connectivity index (χ3v) is 1.99. The zero-order valence-corrected chi connectivity index (χ0v) is 5.73. The van der Waals surface area contributed by atoms with Gasteiger partial charge in [-0.3, -0.25) is 0 Å². The van der Waals surface area contributed by atoms with Crippen molar-refractivity contribution in [3.05, 3.63) is 0 Å². The third-order valence-electron chi connectivity index (χ3n) is 1.99. The molecule has 0 saturated carbocycles. The predicted molar refractivity (Wildman–Crippen MR) is 31.0 cm³/mol. The van der Waals surface area contributed by atoms with Crippen LogP contribution in [0.5, 0.6) is 0 Å². The summed E-state index contributed by atoms with van der Waals surface area (Å²) in [5.74, 6) is -2.83. The standard InChI is InChI=1S/C6H10F2O2/c1-5(7,8)6(2-9)3-10-4-6/h9H,2-4H2,1H3. The van der Waals surface area contributed by atoms with E-state index < -0.39 is 17.9 Å². The van der Waals surface area contributed by atoms with Gasteiger partial charge >= 0.3 is 0 Å². The highest BCUT2D eigenvalue weighted by molar-refractivity contribution is 4.94. The summed E-state index contributed by atoms with van der Waals surface area (Å²) >= 11 is 0.